The van der Waals surface area contributed by atoms with Gasteiger partial charge in [-0.15, -0.1) is 0 Å². The van der Waals surface area contributed by atoms with Crippen LogP contribution in [0.1, 0.15) is 6.92 Å². The minimum Gasteiger partial charge on any atom is -0.486 e. The lowest BCUT2D eigenvalue weighted by molar-refractivity contribution is -0.118. The summed E-state index contributed by atoms with van der Waals surface area (Å²) in [6.45, 7) is 6.41. The molecule has 0 spiro atoms. The molecular weight excluding hydrogens is 270 g/mol. The van der Waals surface area contributed by atoms with Crippen LogP contribution in [-0.4, -0.2) is 56.2 Å². The van der Waals surface area contributed by atoms with E-state index in [4.69, 9.17) is 9.47 Å². The molecule has 1 aromatic carbocycles. The maximum atomic E-state index is 12.1. The summed E-state index contributed by atoms with van der Waals surface area (Å²) in [5.41, 5.74) is 0.743. The van der Waals surface area contributed by atoms with Gasteiger partial charge in [-0.3, -0.25) is 9.69 Å². The molecule has 1 atom stereocenters. The number of hydrogen-bond donors (Lipinski definition) is 2. The largest absolute Gasteiger partial charge is 0.486 e. The van der Waals surface area contributed by atoms with Gasteiger partial charge in [0.2, 0.25) is 5.91 Å². The van der Waals surface area contributed by atoms with Gasteiger partial charge in [0.1, 0.15) is 13.2 Å². The van der Waals surface area contributed by atoms with Crippen LogP contribution in [0, 0.1) is 0 Å². The number of nitrogens with zero attached hydrogens (tertiary/aromatic N) is 1. The van der Waals surface area contributed by atoms with Crippen molar-refractivity contribution in [2.24, 2.45) is 0 Å². The van der Waals surface area contributed by atoms with Crippen LogP contribution in [0.2, 0.25) is 0 Å². The fourth-order valence-electron chi connectivity index (χ4n) is 2.62. The second-order valence-corrected chi connectivity index (χ2v) is 5.43. The topological polar surface area (TPSA) is 62.8 Å². The first-order valence-electron chi connectivity index (χ1n) is 7.36. The first kappa shape index (κ1) is 14.2. The number of nitrogens with one attached hydrogen (secondary N) is 2. The number of anilines is 1. The highest BCUT2D eigenvalue weighted by molar-refractivity contribution is 5.92. The van der Waals surface area contributed by atoms with Gasteiger partial charge >= 0.3 is 0 Å². The van der Waals surface area contributed by atoms with Crippen molar-refractivity contribution in [1.82, 2.24) is 10.2 Å². The lowest BCUT2D eigenvalue weighted by Gasteiger charge is -2.33. The van der Waals surface area contributed by atoms with E-state index >= 15 is 0 Å². The molecule has 114 valence electrons. The lowest BCUT2D eigenvalue weighted by atomic mass is 10.2. The quantitative estimate of drug-likeness (QED) is 0.858. The molecule has 0 radical (unpaired) electrons. The molecule has 0 bridgehead atoms. The number of benzene rings is 1. The zero-order valence-electron chi connectivity index (χ0n) is 12.2. The van der Waals surface area contributed by atoms with Gasteiger partial charge in [0.15, 0.2) is 11.5 Å². The second-order valence-electron chi connectivity index (χ2n) is 5.43. The standard InChI is InChI=1S/C15H21N3O3/c1-11-9-16-4-5-18(11)10-15(19)17-12-2-3-13-14(8-12)21-7-6-20-13/h2-3,8,11,16H,4-7,9-10H2,1H3,(H,17,19)/t11-/m1/s1. The molecule has 2 aliphatic heterocycles. The highest BCUT2D eigenvalue weighted by Crippen LogP contribution is 2.32. The van der Waals surface area contributed by atoms with E-state index in [0.29, 0.717) is 31.5 Å². The third kappa shape index (κ3) is 3.46. The Morgan fingerprint density at radius 3 is 3.00 bits per heavy atom. The van der Waals surface area contributed by atoms with Gasteiger partial charge in [-0.2, -0.15) is 0 Å². The Balaban J connectivity index is 1.59. The van der Waals surface area contributed by atoms with E-state index in [2.05, 4.69) is 22.5 Å². The third-order valence-electron chi connectivity index (χ3n) is 3.81. The van der Waals surface area contributed by atoms with E-state index in [9.17, 15) is 4.79 Å². The second kappa shape index (κ2) is 6.32. The predicted octanol–water partition coefficient (Wildman–Crippen LogP) is 0.690. The van der Waals surface area contributed by atoms with Crippen LogP contribution in [0.4, 0.5) is 5.69 Å². The number of ether oxygens (including phenoxy) is 2. The Bertz CT molecular complexity index is 521. The van der Waals surface area contributed by atoms with Gasteiger partial charge in [-0.25, -0.2) is 0 Å². The summed E-state index contributed by atoms with van der Waals surface area (Å²) in [6, 6.07) is 5.86. The summed E-state index contributed by atoms with van der Waals surface area (Å²) in [5, 5.41) is 6.24. The molecule has 0 aromatic heterocycles. The molecule has 6 nitrogen and oxygen atoms in total. The summed E-state index contributed by atoms with van der Waals surface area (Å²) in [4.78, 5) is 14.3. The van der Waals surface area contributed by atoms with E-state index in [1.165, 1.54) is 0 Å². The van der Waals surface area contributed by atoms with Crippen LogP contribution in [0.5, 0.6) is 11.5 Å². The summed E-state index contributed by atoms with van der Waals surface area (Å²) in [7, 11) is 0. The van der Waals surface area contributed by atoms with Crippen LogP contribution in [0.3, 0.4) is 0 Å². The molecular formula is C15H21N3O3. The number of carbonyl (C=O) groups is 1. The van der Waals surface area contributed by atoms with Gasteiger partial charge in [0, 0.05) is 37.4 Å². The Labute approximate surface area is 124 Å². The van der Waals surface area contributed by atoms with Crippen molar-refractivity contribution in [3.63, 3.8) is 0 Å². The first-order chi connectivity index (χ1) is 10.2. The third-order valence-corrected chi connectivity index (χ3v) is 3.81. The maximum Gasteiger partial charge on any atom is 0.238 e. The highest BCUT2D eigenvalue weighted by Gasteiger charge is 2.20. The zero-order chi connectivity index (χ0) is 14.7. The number of hydrogen-bond acceptors (Lipinski definition) is 5. The number of fused-ring (bicyclic) bond motifs is 1. The normalized spacial score (nSPS) is 21.9. The van der Waals surface area contributed by atoms with Gasteiger partial charge in [-0.05, 0) is 19.1 Å². The van der Waals surface area contributed by atoms with E-state index < -0.39 is 0 Å². The van der Waals surface area contributed by atoms with E-state index in [0.717, 1.165) is 31.1 Å². The Hall–Kier alpha value is -1.79. The molecule has 3 rings (SSSR count). The van der Waals surface area contributed by atoms with E-state index in [-0.39, 0.29) is 5.91 Å². The fraction of sp³-hybridized carbons (Fsp3) is 0.533. The van der Waals surface area contributed by atoms with Crippen molar-refractivity contribution >= 4 is 11.6 Å². The van der Waals surface area contributed by atoms with Crippen LogP contribution >= 0.6 is 0 Å². The maximum absolute atomic E-state index is 12.1. The number of piperazine rings is 1. The van der Waals surface area contributed by atoms with Gasteiger partial charge in [0.25, 0.3) is 0 Å². The summed E-state index contributed by atoms with van der Waals surface area (Å²) >= 11 is 0. The molecule has 1 saturated heterocycles. The minimum atomic E-state index is 0.000396. The number of rotatable bonds is 3. The molecule has 2 N–H and O–H groups in total. The lowest BCUT2D eigenvalue weighted by Crippen LogP contribution is -2.51. The monoisotopic (exact) mass is 291 g/mol. The van der Waals surface area contributed by atoms with Crippen LogP contribution in [0.25, 0.3) is 0 Å². The van der Waals surface area contributed by atoms with Crippen molar-refractivity contribution in [3.05, 3.63) is 18.2 Å². The number of carbonyl (C=O) groups excluding carboxylic acids is 1. The molecule has 21 heavy (non-hydrogen) atoms. The fourth-order valence-corrected chi connectivity index (χ4v) is 2.62. The Morgan fingerprint density at radius 2 is 2.19 bits per heavy atom. The number of amides is 1. The van der Waals surface area contributed by atoms with Gasteiger partial charge < -0.3 is 20.1 Å². The van der Waals surface area contributed by atoms with Crippen LogP contribution < -0.4 is 20.1 Å². The molecule has 2 heterocycles. The van der Waals surface area contributed by atoms with Crippen LogP contribution in [0.15, 0.2) is 18.2 Å². The SMILES string of the molecule is C[C@@H]1CNCCN1CC(=O)Nc1ccc2c(c1)OCCO2. The molecule has 0 unspecified atom stereocenters. The van der Waals surface area contributed by atoms with Crippen molar-refractivity contribution in [3.8, 4) is 11.5 Å². The van der Waals surface area contributed by atoms with E-state index in [1.807, 2.05) is 18.2 Å². The highest BCUT2D eigenvalue weighted by atomic mass is 16.6. The predicted molar refractivity (Wildman–Crippen MR) is 80.0 cm³/mol. The first-order valence-corrected chi connectivity index (χ1v) is 7.36. The average molecular weight is 291 g/mol. The zero-order valence-corrected chi connectivity index (χ0v) is 12.2. The van der Waals surface area contributed by atoms with E-state index in [1.54, 1.807) is 0 Å². The summed E-state index contributed by atoms with van der Waals surface area (Å²) in [6.07, 6.45) is 0. The minimum absolute atomic E-state index is 0.000396. The molecule has 6 heteroatoms. The van der Waals surface area contributed by atoms with Gasteiger partial charge in [-0.1, -0.05) is 0 Å². The molecule has 1 aromatic rings. The smallest absolute Gasteiger partial charge is 0.238 e. The summed E-state index contributed by atoms with van der Waals surface area (Å²) < 4.78 is 11.0. The van der Waals surface area contributed by atoms with Gasteiger partial charge in [0.05, 0.1) is 6.54 Å². The van der Waals surface area contributed by atoms with Crippen molar-refractivity contribution < 1.29 is 14.3 Å². The van der Waals surface area contributed by atoms with Crippen LogP contribution in [-0.2, 0) is 4.79 Å². The van der Waals surface area contributed by atoms with Crippen molar-refractivity contribution in [1.29, 1.82) is 0 Å². The molecule has 0 saturated carbocycles. The Morgan fingerprint density at radius 1 is 1.38 bits per heavy atom. The van der Waals surface area contributed by atoms with Crippen molar-refractivity contribution in [2.75, 3.05) is 44.7 Å². The molecule has 2 aliphatic rings. The molecule has 1 amide bonds. The Kier molecular flexibility index (Phi) is 4.26. The average Bonchev–Trinajstić information content (AvgIpc) is 2.49. The van der Waals surface area contributed by atoms with Crippen molar-refractivity contribution in [2.45, 2.75) is 13.0 Å². The summed E-state index contributed by atoms with van der Waals surface area (Å²) in [5.74, 6) is 1.42. The molecule has 0 aliphatic carbocycles. The molecule has 1 fully saturated rings.